The Kier molecular flexibility index (Phi) is 13.7. The molecule has 0 aromatic heterocycles. The summed E-state index contributed by atoms with van der Waals surface area (Å²) in [6.45, 7) is 4.85. The van der Waals surface area contributed by atoms with Gasteiger partial charge in [0.25, 0.3) is 0 Å². The molecular weight excluding hydrogens is 589 g/mol. The molecule has 256 valence electrons. The van der Waals surface area contributed by atoms with E-state index < -0.39 is 11.6 Å². The molecule has 2 aliphatic carbocycles. The molecule has 0 saturated heterocycles. The third kappa shape index (κ3) is 9.67. The molecule has 0 radical (unpaired) electrons. The molecule has 0 bridgehead atoms. The zero-order chi connectivity index (χ0) is 33.0. The summed E-state index contributed by atoms with van der Waals surface area (Å²) >= 11 is 0. The Morgan fingerprint density at radius 3 is 1.85 bits per heavy atom. The highest BCUT2D eigenvalue weighted by Gasteiger charge is 2.32. The van der Waals surface area contributed by atoms with Gasteiger partial charge in [0.1, 0.15) is 5.82 Å². The minimum Gasteiger partial charge on any atom is -0.490 e. The molecule has 1 nitrogen and oxygen atoms in total. The average Bonchev–Trinajstić information content (AvgIpc) is 3.10. The van der Waals surface area contributed by atoms with Crippen molar-refractivity contribution in [2.75, 3.05) is 6.61 Å². The van der Waals surface area contributed by atoms with Gasteiger partial charge in [-0.05, 0) is 109 Å². The van der Waals surface area contributed by atoms with Gasteiger partial charge >= 0.3 is 0 Å². The SMILES string of the molecule is CCCCCCCCOc1ccc(-c2ccc(-c3ccc(C4CCC(C5CCC(CCCCC)CC5)CC4)c(F)c3)cc2)c(F)c1F. The Morgan fingerprint density at radius 1 is 0.574 bits per heavy atom. The van der Waals surface area contributed by atoms with Crippen LogP contribution < -0.4 is 4.74 Å². The molecule has 0 spiro atoms. The predicted molar refractivity (Wildman–Crippen MR) is 190 cm³/mol. The molecule has 0 heterocycles. The van der Waals surface area contributed by atoms with Crippen LogP contribution in [0.5, 0.6) is 5.75 Å². The lowest BCUT2D eigenvalue weighted by Crippen LogP contribution is -2.25. The highest BCUT2D eigenvalue weighted by atomic mass is 19.2. The highest BCUT2D eigenvalue weighted by molar-refractivity contribution is 5.71. The third-order valence-electron chi connectivity index (χ3n) is 11.3. The quantitative estimate of drug-likeness (QED) is 0.141. The molecule has 47 heavy (non-hydrogen) atoms. The van der Waals surface area contributed by atoms with E-state index in [0.29, 0.717) is 18.1 Å². The van der Waals surface area contributed by atoms with E-state index in [2.05, 4.69) is 13.8 Å². The Balaban J connectivity index is 1.12. The molecule has 4 heteroatoms. The fourth-order valence-corrected chi connectivity index (χ4v) is 8.34. The standard InChI is InChI=1S/C43H57F3O/c1-3-5-7-8-9-11-29-47-41-28-27-39(42(45)43(41)46)36-23-19-34(20-24-36)37-25-26-38(40(44)30-37)35-21-17-33(18-22-35)32-15-13-31(14-16-32)12-10-6-4-2/h19-20,23-28,30-33,35H,3-18,21-22,29H2,1-2H3. The van der Waals surface area contributed by atoms with Crippen LogP contribution in [-0.2, 0) is 0 Å². The zero-order valence-corrected chi connectivity index (χ0v) is 29.0. The first kappa shape index (κ1) is 35.6. The monoisotopic (exact) mass is 646 g/mol. The molecule has 0 amide bonds. The van der Waals surface area contributed by atoms with Crippen molar-refractivity contribution < 1.29 is 17.9 Å². The highest BCUT2D eigenvalue weighted by Crippen LogP contribution is 2.45. The Hall–Kier alpha value is -2.75. The number of unbranched alkanes of at least 4 members (excludes halogenated alkanes) is 7. The van der Waals surface area contributed by atoms with Crippen molar-refractivity contribution in [1.82, 2.24) is 0 Å². The summed E-state index contributed by atoms with van der Waals surface area (Å²) in [4.78, 5) is 0. The molecule has 2 saturated carbocycles. The Morgan fingerprint density at radius 2 is 1.17 bits per heavy atom. The second-order valence-corrected chi connectivity index (χ2v) is 14.6. The summed E-state index contributed by atoms with van der Waals surface area (Å²) in [5.74, 6) is 0.910. The number of halogens is 3. The second-order valence-electron chi connectivity index (χ2n) is 14.6. The van der Waals surface area contributed by atoms with Crippen LogP contribution in [0.4, 0.5) is 13.2 Å². The van der Waals surface area contributed by atoms with Crippen molar-refractivity contribution in [1.29, 1.82) is 0 Å². The topological polar surface area (TPSA) is 9.23 Å². The van der Waals surface area contributed by atoms with Gasteiger partial charge in [-0.3, -0.25) is 0 Å². The first-order valence-electron chi connectivity index (χ1n) is 19.0. The number of benzene rings is 3. The summed E-state index contributed by atoms with van der Waals surface area (Å²) in [5, 5.41) is 0. The van der Waals surface area contributed by atoms with Gasteiger partial charge in [-0.1, -0.05) is 121 Å². The van der Waals surface area contributed by atoms with Gasteiger partial charge < -0.3 is 4.74 Å². The number of ether oxygens (including phenoxy) is 1. The number of hydrogen-bond donors (Lipinski definition) is 0. The van der Waals surface area contributed by atoms with Crippen molar-refractivity contribution in [2.45, 2.75) is 135 Å². The maximum absolute atomic E-state index is 15.5. The first-order chi connectivity index (χ1) is 23.0. The molecule has 5 rings (SSSR count). The molecule has 2 aliphatic rings. The molecule has 0 atom stereocenters. The second kappa shape index (κ2) is 18.1. The van der Waals surface area contributed by atoms with Crippen LogP contribution in [0.2, 0.25) is 0 Å². The van der Waals surface area contributed by atoms with Crippen molar-refractivity contribution in [2.24, 2.45) is 17.8 Å². The fraction of sp³-hybridized carbons (Fsp3) is 0.581. The largest absolute Gasteiger partial charge is 0.490 e. The van der Waals surface area contributed by atoms with Gasteiger partial charge in [0.2, 0.25) is 5.82 Å². The van der Waals surface area contributed by atoms with Crippen LogP contribution in [0.3, 0.4) is 0 Å². The van der Waals surface area contributed by atoms with E-state index in [1.54, 1.807) is 24.3 Å². The van der Waals surface area contributed by atoms with Crippen LogP contribution in [-0.4, -0.2) is 6.61 Å². The lowest BCUT2D eigenvalue weighted by atomic mass is 9.68. The summed E-state index contributed by atoms with van der Waals surface area (Å²) in [5.41, 5.74) is 3.27. The fourth-order valence-electron chi connectivity index (χ4n) is 8.34. The first-order valence-corrected chi connectivity index (χ1v) is 19.0. The number of hydrogen-bond acceptors (Lipinski definition) is 1. The zero-order valence-electron chi connectivity index (χ0n) is 29.0. The van der Waals surface area contributed by atoms with Crippen LogP contribution in [0.25, 0.3) is 22.3 Å². The van der Waals surface area contributed by atoms with E-state index in [1.807, 2.05) is 24.3 Å². The van der Waals surface area contributed by atoms with E-state index in [1.165, 1.54) is 89.5 Å². The van der Waals surface area contributed by atoms with Gasteiger partial charge in [-0.15, -0.1) is 0 Å². The van der Waals surface area contributed by atoms with Crippen LogP contribution in [0.15, 0.2) is 54.6 Å². The van der Waals surface area contributed by atoms with Gasteiger partial charge in [-0.2, -0.15) is 4.39 Å². The van der Waals surface area contributed by atoms with Crippen LogP contribution in [0.1, 0.15) is 141 Å². The summed E-state index contributed by atoms with van der Waals surface area (Å²) in [7, 11) is 0. The van der Waals surface area contributed by atoms with E-state index in [-0.39, 0.29) is 17.1 Å². The van der Waals surface area contributed by atoms with Gasteiger partial charge in [-0.25, -0.2) is 8.78 Å². The molecule has 3 aromatic carbocycles. The smallest absolute Gasteiger partial charge is 0.201 e. The van der Waals surface area contributed by atoms with Crippen molar-refractivity contribution in [3.8, 4) is 28.0 Å². The van der Waals surface area contributed by atoms with Crippen molar-refractivity contribution >= 4 is 0 Å². The van der Waals surface area contributed by atoms with Gasteiger partial charge in [0, 0.05) is 5.56 Å². The summed E-state index contributed by atoms with van der Waals surface area (Å²) in [6, 6.07) is 16.0. The van der Waals surface area contributed by atoms with E-state index in [4.69, 9.17) is 4.74 Å². The van der Waals surface area contributed by atoms with Crippen LogP contribution >= 0.6 is 0 Å². The maximum Gasteiger partial charge on any atom is 0.201 e. The lowest BCUT2D eigenvalue weighted by molar-refractivity contribution is 0.155. The average molecular weight is 647 g/mol. The minimum absolute atomic E-state index is 0.0410. The van der Waals surface area contributed by atoms with E-state index in [9.17, 15) is 4.39 Å². The summed E-state index contributed by atoms with van der Waals surface area (Å²) in [6.07, 6.45) is 22.4. The maximum atomic E-state index is 15.5. The molecule has 0 N–H and O–H groups in total. The molecule has 0 aliphatic heterocycles. The van der Waals surface area contributed by atoms with Gasteiger partial charge in [0.05, 0.1) is 6.61 Å². The molecule has 0 unspecified atom stereocenters. The molecule has 2 fully saturated rings. The normalized spacial score (nSPS) is 21.6. The Bertz CT molecular complexity index is 1370. The van der Waals surface area contributed by atoms with E-state index in [0.717, 1.165) is 66.5 Å². The third-order valence-corrected chi connectivity index (χ3v) is 11.3. The predicted octanol–water partition coefficient (Wildman–Crippen LogP) is 13.8. The Labute approximate surface area is 282 Å². The van der Waals surface area contributed by atoms with Crippen LogP contribution in [0, 0.1) is 35.2 Å². The minimum atomic E-state index is -0.950. The van der Waals surface area contributed by atoms with Gasteiger partial charge in [0.15, 0.2) is 11.6 Å². The van der Waals surface area contributed by atoms with E-state index >= 15 is 8.78 Å². The number of rotatable bonds is 16. The van der Waals surface area contributed by atoms with Crippen molar-refractivity contribution in [3.63, 3.8) is 0 Å². The molecular formula is C43H57F3O. The van der Waals surface area contributed by atoms with Crippen molar-refractivity contribution in [3.05, 3.63) is 77.6 Å². The lowest BCUT2D eigenvalue weighted by Gasteiger charge is -2.38. The summed E-state index contributed by atoms with van der Waals surface area (Å²) < 4.78 is 50.9. The molecule has 3 aromatic rings.